The summed E-state index contributed by atoms with van der Waals surface area (Å²) in [6.45, 7) is 0. The van der Waals surface area contributed by atoms with Gasteiger partial charge in [0.1, 0.15) is 0 Å². The van der Waals surface area contributed by atoms with Crippen LogP contribution in [0.3, 0.4) is 0 Å². The van der Waals surface area contributed by atoms with Crippen molar-refractivity contribution in [3.8, 4) is 0 Å². The van der Waals surface area contributed by atoms with Gasteiger partial charge in [0.25, 0.3) is 0 Å². The summed E-state index contributed by atoms with van der Waals surface area (Å²) in [5, 5.41) is 11.3. The smallest absolute Gasteiger partial charge is 0.337 e. The minimum Gasteiger partial charge on any atom is -0.478 e. The highest BCUT2D eigenvalue weighted by molar-refractivity contribution is 9.10. The zero-order valence-electron chi connectivity index (χ0n) is 9.72. The largest absolute Gasteiger partial charge is 0.478 e. The summed E-state index contributed by atoms with van der Waals surface area (Å²) >= 11 is 3.16. The van der Waals surface area contributed by atoms with Gasteiger partial charge in [0, 0.05) is 4.47 Å². The molecule has 1 unspecified atom stereocenters. The number of hydrogen-bond donors (Lipinski definition) is 4. The van der Waals surface area contributed by atoms with Crippen molar-refractivity contribution in [1.82, 2.24) is 0 Å². The molecule has 0 spiro atoms. The number of carbonyl (C=O) groups excluding carboxylic acids is 2. The fourth-order valence-electron chi connectivity index (χ4n) is 1.34. The van der Waals surface area contributed by atoms with Crippen LogP contribution in [0.2, 0.25) is 0 Å². The first-order valence-electron chi connectivity index (χ1n) is 5.19. The molecule has 0 bridgehead atoms. The lowest BCUT2D eigenvalue weighted by Gasteiger charge is -2.12. The van der Waals surface area contributed by atoms with Gasteiger partial charge in [-0.1, -0.05) is 15.9 Å². The van der Waals surface area contributed by atoms with Crippen LogP contribution in [-0.2, 0) is 9.59 Å². The predicted octanol–water partition coefficient (Wildman–Crippen LogP) is 0.288. The summed E-state index contributed by atoms with van der Waals surface area (Å²) in [6, 6.07) is 3.17. The second-order valence-electron chi connectivity index (χ2n) is 3.76. The second kappa shape index (κ2) is 6.30. The first-order valence-corrected chi connectivity index (χ1v) is 5.98. The van der Waals surface area contributed by atoms with E-state index in [2.05, 4.69) is 21.2 Å². The van der Waals surface area contributed by atoms with E-state index >= 15 is 0 Å². The van der Waals surface area contributed by atoms with E-state index in [4.69, 9.17) is 16.6 Å². The third kappa shape index (κ3) is 4.34. The maximum Gasteiger partial charge on any atom is 0.337 e. The van der Waals surface area contributed by atoms with Crippen LogP contribution in [-0.4, -0.2) is 28.9 Å². The molecule has 0 fully saturated rings. The Balaban J connectivity index is 2.92. The van der Waals surface area contributed by atoms with Crippen molar-refractivity contribution >= 4 is 39.4 Å². The van der Waals surface area contributed by atoms with E-state index in [0.29, 0.717) is 4.47 Å². The lowest BCUT2D eigenvalue weighted by atomic mass is 10.1. The number of carbonyl (C=O) groups is 3. The standard InChI is InChI=1S/C11H12BrN3O4/c12-5-1-2-6(11(18)19)8(3-5)15-10(17)7(13)4-9(14)16/h1-3,7H,4,13H2,(H2,14,16)(H,15,17)(H,18,19). The third-order valence-electron chi connectivity index (χ3n) is 2.23. The number of rotatable bonds is 5. The first-order chi connectivity index (χ1) is 8.81. The summed E-state index contributed by atoms with van der Waals surface area (Å²) in [4.78, 5) is 33.3. The normalized spacial score (nSPS) is 11.7. The number of carboxylic acids is 1. The highest BCUT2D eigenvalue weighted by atomic mass is 79.9. The number of carboxylic acid groups (broad SMARTS) is 1. The van der Waals surface area contributed by atoms with Gasteiger partial charge >= 0.3 is 5.97 Å². The average Bonchev–Trinajstić information content (AvgIpc) is 2.27. The quantitative estimate of drug-likeness (QED) is 0.615. The number of halogens is 1. The molecule has 0 aromatic heterocycles. The molecule has 102 valence electrons. The fraction of sp³-hybridized carbons (Fsp3) is 0.182. The van der Waals surface area contributed by atoms with Crippen molar-refractivity contribution in [3.05, 3.63) is 28.2 Å². The molecule has 1 rings (SSSR count). The molecule has 0 aliphatic carbocycles. The molecule has 7 nitrogen and oxygen atoms in total. The summed E-state index contributed by atoms with van der Waals surface area (Å²) in [7, 11) is 0. The maximum absolute atomic E-state index is 11.7. The number of primary amides is 1. The van der Waals surface area contributed by atoms with Crippen molar-refractivity contribution < 1.29 is 19.5 Å². The van der Waals surface area contributed by atoms with Gasteiger partial charge < -0.3 is 21.9 Å². The minimum atomic E-state index is -1.19. The highest BCUT2D eigenvalue weighted by Crippen LogP contribution is 2.21. The van der Waals surface area contributed by atoms with Crippen molar-refractivity contribution in [1.29, 1.82) is 0 Å². The maximum atomic E-state index is 11.7. The van der Waals surface area contributed by atoms with Gasteiger partial charge in [0.15, 0.2) is 0 Å². The zero-order valence-corrected chi connectivity index (χ0v) is 11.3. The lowest BCUT2D eigenvalue weighted by molar-refractivity contribution is -0.123. The van der Waals surface area contributed by atoms with Crippen LogP contribution in [0.25, 0.3) is 0 Å². The van der Waals surface area contributed by atoms with Crippen molar-refractivity contribution in [2.75, 3.05) is 5.32 Å². The summed E-state index contributed by atoms with van der Waals surface area (Å²) in [5.74, 6) is -2.58. The molecule has 1 aromatic rings. The van der Waals surface area contributed by atoms with Gasteiger partial charge in [-0.2, -0.15) is 0 Å². The number of aromatic carboxylic acids is 1. The molecule has 0 saturated heterocycles. The van der Waals surface area contributed by atoms with Gasteiger partial charge in [-0.05, 0) is 18.2 Å². The third-order valence-corrected chi connectivity index (χ3v) is 2.72. The average molecular weight is 330 g/mol. The van der Waals surface area contributed by atoms with Gasteiger partial charge in [0.05, 0.1) is 23.7 Å². The molecule has 8 heteroatoms. The second-order valence-corrected chi connectivity index (χ2v) is 4.68. The van der Waals surface area contributed by atoms with E-state index in [9.17, 15) is 14.4 Å². The zero-order chi connectivity index (χ0) is 14.6. The van der Waals surface area contributed by atoms with E-state index in [1.165, 1.54) is 18.2 Å². The number of nitrogens with one attached hydrogen (secondary N) is 1. The summed E-state index contributed by atoms with van der Waals surface area (Å²) in [6.07, 6.45) is -0.317. The molecule has 0 saturated carbocycles. The molecule has 1 atom stereocenters. The Bertz CT molecular complexity index is 533. The number of hydrogen-bond acceptors (Lipinski definition) is 4. The van der Waals surface area contributed by atoms with E-state index in [-0.39, 0.29) is 17.7 Å². The van der Waals surface area contributed by atoms with Crippen LogP contribution in [0.15, 0.2) is 22.7 Å². The topological polar surface area (TPSA) is 136 Å². The number of nitrogens with two attached hydrogens (primary N) is 2. The monoisotopic (exact) mass is 329 g/mol. The Morgan fingerprint density at radius 1 is 1.37 bits per heavy atom. The Labute approximate surface area is 117 Å². The van der Waals surface area contributed by atoms with Gasteiger partial charge in [0.2, 0.25) is 11.8 Å². The van der Waals surface area contributed by atoms with Crippen LogP contribution in [0.5, 0.6) is 0 Å². The molecule has 6 N–H and O–H groups in total. The Hall–Kier alpha value is -1.93. The molecular formula is C11H12BrN3O4. The van der Waals surface area contributed by atoms with Crippen LogP contribution < -0.4 is 16.8 Å². The summed E-state index contributed by atoms with van der Waals surface area (Å²) in [5.41, 5.74) is 10.4. The first kappa shape index (κ1) is 15.1. The van der Waals surface area contributed by atoms with E-state index in [1.54, 1.807) is 0 Å². The van der Waals surface area contributed by atoms with E-state index < -0.39 is 23.8 Å². The van der Waals surface area contributed by atoms with Crippen LogP contribution in [0.1, 0.15) is 16.8 Å². The number of amides is 2. The Kier molecular flexibility index (Phi) is 5.02. The number of anilines is 1. The fourth-order valence-corrected chi connectivity index (χ4v) is 1.70. The Morgan fingerprint density at radius 3 is 2.53 bits per heavy atom. The van der Waals surface area contributed by atoms with Gasteiger partial charge in [-0.25, -0.2) is 4.79 Å². The molecule has 0 aliphatic heterocycles. The number of benzene rings is 1. The predicted molar refractivity (Wildman–Crippen MR) is 71.5 cm³/mol. The van der Waals surface area contributed by atoms with Crippen LogP contribution >= 0.6 is 15.9 Å². The SMILES string of the molecule is NC(=O)CC(N)C(=O)Nc1cc(Br)ccc1C(=O)O. The van der Waals surface area contributed by atoms with E-state index in [0.717, 1.165) is 0 Å². The van der Waals surface area contributed by atoms with Crippen LogP contribution in [0.4, 0.5) is 5.69 Å². The Morgan fingerprint density at radius 2 is 2.00 bits per heavy atom. The molecule has 0 radical (unpaired) electrons. The lowest BCUT2D eigenvalue weighted by Crippen LogP contribution is -2.39. The minimum absolute atomic E-state index is 0.0807. The molecule has 2 amide bonds. The van der Waals surface area contributed by atoms with Gasteiger partial charge in [-0.3, -0.25) is 9.59 Å². The molecular weight excluding hydrogens is 318 g/mol. The molecule has 0 aliphatic rings. The molecule has 19 heavy (non-hydrogen) atoms. The molecule has 1 aromatic carbocycles. The van der Waals surface area contributed by atoms with E-state index in [1.807, 2.05) is 0 Å². The molecule has 0 heterocycles. The van der Waals surface area contributed by atoms with Crippen molar-refractivity contribution in [2.45, 2.75) is 12.5 Å². The van der Waals surface area contributed by atoms with Crippen LogP contribution in [0, 0.1) is 0 Å². The summed E-state index contributed by atoms with van der Waals surface area (Å²) < 4.78 is 0.594. The highest BCUT2D eigenvalue weighted by Gasteiger charge is 2.19. The van der Waals surface area contributed by atoms with Crippen molar-refractivity contribution in [2.24, 2.45) is 11.5 Å². The van der Waals surface area contributed by atoms with Crippen molar-refractivity contribution in [3.63, 3.8) is 0 Å². The van der Waals surface area contributed by atoms with Gasteiger partial charge in [-0.15, -0.1) is 0 Å².